The molecule has 0 spiro atoms. The topological polar surface area (TPSA) is 79.4 Å². The lowest BCUT2D eigenvalue weighted by Crippen LogP contribution is -2.12. The summed E-state index contributed by atoms with van der Waals surface area (Å²) in [4.78, 5) is 12.5. The third kappa shape index (κ3) is 2.77. The summed E-state index contributed by atoms with van der Waals surface area (Å²) < 4.78 is 5.06. The van der Waals surface area contributed by atoms with E-state index in [0.29, 0.717) is 16.9 Å². The van der Waals surface area contributed by atoms with E-state index in [0.717, 1.165) is 0 Å². The van der Waals surface area contributed by atoms with Crippen molar-refractivity contribution in [2.75, 3.05) is 19.1 Å². The average molecular weight is 283 g/mol. The molecule has 2 rings (SSSR count). The first-order chi connectivity index (χ1) is 10.1. The highest BCUT2D eigenvalue weighted by atomic mass is 16.6. The van der Waals surface area contributed by atoms with E-state index >= 15 is 0 Å². The second-order valence-corrected chi connectivity index (χ2v) is 4.31. The molecule has 0 saturated carbocycles. The molecule has 6 heteroatoms. The van der Waals surface area contributed by atoms with Gasteiger partial charge in [-0.15, -0.1) is 0 Å². The van der Waals surface area contributed by atoms with Crippen LogP contribution in [-0.4, -0.2) is 19.1 Å². The van der Waals surface area contributed by atoms with Crippen LogP contribution < -0.4 is 9.64 Å². The van der Waals surface area contributed by atoms with Crippen LogP contribution in [0.1, 0.15) is 5.56 Å². The van der Waals surface area contributed by atoms with E-state index in [1.54, 1.807) is 54.4 Å². The molecule has 21 heavy (non-hydrogen) atoms. The molecule has 0 aliphatic carbocycles. The number of hydrogen-bond acceptors (Lipinski definition) is 5. The Morgan fingerprint density at radius 2 is 2.00 bits per heavy atom. The fraction of sp³-hybridized carbons (Fsp3) is 0.133. The van der Waals surface area contributed by atoms with E-state index in [1.807, 2.05) is 6.07 Å². The fourth-order valence-electron chi connectivity index (χ4n) is 2.05. The van der Waals surface area contributed by atoms with Crippen LogP contribution in [-0.2, 0) is 0 Å². The molecule has 0 aliphatic heterocycles. The molecule has 0 unspecified atom stereocenters. The monoisotopic (exact) mass is 283 g/mol. The molecule has 0 bridgehead atoms. The minimum atomic E-state index is -0.473. The van der Waals surface area contributed by atoms with Crippen molar-refractivity contribution >= 4 is 17.1 Å². The standard InChI is InChI=1S/C15H13N3O3/c1-17(12-6-3-5-11(9-12)10-16)13-7-4-8-14(21-2)15(13)18(19)20/h3-9H,1-2H3. The Bertz CT molecular complexity index is 722. The number of anilines is 2. The zero-order valence-electron chi connectivity index (χ0n) is 11.6. The van der Waals surface area contributed by atoms with E-state index in [2.05, 4.69) is 0 Å². The van der Waals surface area contributed by atoms with E-state index in [9.17, 15) is 10.1 Å². The van der Waals surface area contributed by atoms with Crippen LogP contribution in [0.3, 0.4) is 0 Å². The van der Waals surface area contributed by atoms with Gasteiger partial charge in [-0.25, -0.2) is 0 Å². The minimum Gasteiger partial charge on any atom is -0.490 e. The Kier molecular flexibility index (Phi) is 4.05. The van der Waals surface area contributed by atoms with Gasteiger partial charge in [0.15, 0.2) is 5.75 Å². The summed E-state index contributed by atoms with van der Waals surface area (Å²) in [7, 11) is 3.10. The third-order valence-electron chi connectivity index (χ3n) is 3.10. The van der Waals surface area contributed by atoms with Gasteiger partial charge in [0.05, 0.1) is 23.7 Å². The molecule has 0 N–H and O–H groups in total. The summed E-state index contributed by atoms with van der Waals surface area (Å²) in [6.45, 7) is 0. The lowest BCUT2D eigenvalue weighted by Gasteiger charge is -2.20. The normalized spacial score (nSPS) is 9.76. The predicted octanol–water partition coefficient (Wildman–Crippen LogP) is 3.24. The number of ether oxygens (including phenoxy) is 1. The third-order valence-corrected chi connectivity index (χ3v) is 3.10. The van der Waals surface area contributed by atoms with Crippen LogP contribution in [0.5, 0.6) is 5.75 Å². The van der Waals surface area contributed by atoms with Gasteiger partial charge in [0.25, 0.3) is 0 Å². The second-order valence-electron chi connectivity index (χ2n) is 4.31. The molecular formula is C15H13N3O3. The first-order valence-corrected chi connectivity index (χ1v) is 6.13. The molecule has 2 aromatic carbocycles. The summed E-state index contributed by atoms with van der Waals surface area (Å²) in [5.74, 6) is 0.195. The molecule has 0 fully saturated rings. The molecule has 6 nitrogen and oxygen atoms in total. The minimum absolute atomic E-state index is 0.107. The van der Waals surface area contributed by atoms with E-state index in [1.165, 1.54) is 7.11 Å². The number of rotatable bonds is 4. The van der Waals surface area contributed by atoms with Crippen LogP contribution in [0.15, 0.2) is 42.5 Å². The number of para-hydroxylation sites is 1. The number of hydrogen-bond donors (Lipinski definition) is 0. The molecular weight excluding hydrogens is 270 g/mol. The van der Waals surface area contributed by atoms with Crippen LogP contribution in [0.4, 0.5) is 17.1 Å². The Labute approximate surface area is 122 Å². The highest BCUT2D eigenvalue weighted by Gasteiger charge is 2.23. The summed E-state index contributed by atoms with van der Waals surface area (Å²) in [6, 6.07) is 13.8. The predicted molar refractivity (Wildman–Crippen MR) is 78.9 cm³/mol. The van der Waals surface area contributed by atoms with Gasteiger partial charge in [-0.3, -0.25) is 10.1 Å². The average Bonchev–Trinajstić information content (AvgIpc) is 2.53. The molecule has 106 valence electrons. The molecule has 0 saturated heterocycles. The summed E-state index contributed by atoms with van der Waals surface area (Å²) in [6.07, 6.45) is 0. The number of benzene rings is 2. The summed E-state index contributed by atoms with van der Waals surface area (Å²) >= 11 is 0. The van der Waals surface area contributed by atoms with Crippen molar-refractivity contribution in [3.8, 4) is 11.8 Å². The molecule has 2 aromatic rings. The molecule has 0 atom stereocenters. The maximum atomic E-state index is 11.3. The molecule has 0 heterocycles. The first-order valence-electron chi connectivity index (χ1n) is 6.13. The SMILES string of the molecule is COc1cccc(N(C)c2cccc(C#N)c2)c1[N+](=O)[O-]. The van der Waals surface area contributed by atoms with Gasteiger partial charge in [-0.2, -0.15) is 5.26 Å². The van der Waals surface area contributed by atoms with Gasteiger partial charge in [-0.1, -0.05) is 12.1 Å². The smallest absolute Gasteiger partial charge is 0.334 e. The molecule has 0 amide bonds. The van der Waals surface area contributed by atoms with Crippen LogP contribution >= 0.6 is 0 Å². The number of nitro groups is 1. The molecule has 0 aliphatic rings. The van der Waals surface area contributed by atoms with Gasteiger partial charge in [-0.05, 0) is 30.3 Å². The molecule has 0 aromatic heterocycles. The highest BCUT2D eigenvalue weighted by Crippen LogP contribution is 2.39. The van der Waals surface area contributed by atoms with E-state index in [4.69, 9.17) is 10.00 Å². The summed E-state index contributed by atoms with van der Waals surface area (Å²) in [5, 5.41) is 20.2. The maximum absolute atomic E-state index is 11.3. The van der Waals surface area contributed by atoms with Gasteiger partial charge in [0, 0.05) is 12.7 Å². The Morgan fingerprint density at radius 1 is 1.29 bits per heavy atom. The zero-order valence-corrected chi connectivity index (χ0v) is 11.6. The lowest BCUT2D eigenvalue weighted by atomic mass is 10.1. The lowest BCUT2D eigenvalue weighted by molar-refractivity contribution is -0.385. The van der Waals surface area contributed by atoms with Gasteiger partial charge in [0.2, 0.25) is 0 Å². The van der Waals surface area contributed by atoms with Crippen molar-refractivity contribution in [3.63, 3.8) is 0 Å². The van der Waals surface area contributed by atoms with Crippen molar-refractivity contribution < 1.29 is 9.66 Å². The Balaban J connectivity index is 2.55. The Morgan fingerprint density at radius 3 is 2.62 bits per heavy atom. The largest absolute Gasteiger partial charge is 0.490 e. The first kappa shape index (κ1) is 14.3. The van der Waals surface area contributed by atoms with Crippen molar-refractivity contribution in [1.82, 2.24) is 0 Å². The number of methoxy groups -OCH3 is 1. The number of nitriles is 1. The quantitative estimate of drug-likeness (QED) is 0.635. The van der Waals surface area contributed by atoms with Crippen LogP contribution in [0, 0.1) is 21.4 Å². The van der Waals surface area contributed by atoms with Crippen molar-refractivity contribution in [2.45, 2.75) is 0 Å². The summed E-state index contributed by atoms with van der Waals surface area (Å²) in [5.41, 5.74) is 1.47. The maximum Gasteiger partial charge on any atom is 0.334 e. The van der Waals surface area contributed by atoms with E-state index in [-0.39, 0.29) is 11.4 Å². The molecule has 0 radical (unpaired) electrons. The number of nitro benzene ring substituents is 1. The van der Waals surface area contributed by atoms with Crippen LogP contribution in [0.2, 0.25) is 0 Å². The van der Waals surface area contributed by atoms with E-state index < -0.39 is 4.92 Å². The highest BCUT2D eigenvalue weighted by molar-refractivity contribution is 5.76. The number of nitrogens with zero attached hydrogens (tertiary/aromatic N) is 3. The van der Waals surface area contributed by atoms with Crippen molar-refractivity contribution in [2.24, 2.45) is 0 Å². The Hall–Kier alpha value is -3.07. The van der Waals surface area contributed by atoms with Crippen molar-refractivity contribution in [3.05, 3.63) is 58.1 Å². The zero-order chi connectivity index (χ0) is 15.4. The second kappa shape index (κ2) is 5.92. The fourth-order valence-corrected chi connectivity index (χ4v) is 2.05. The van der Waals surface area contributed by atoms with Gasteiger partial charge >= 0.3 is 5.69 Å². The van der Waals surface area contributed by atoms with Gasteiger partial charge < -0.3 is 9.64 Å². The van der Waals surface area contributed by atoms with Crippen molar-refractivity contribution in [1.29, 1.82) is 5.26 Å². The van der Waals surface area contributed by atoms with Crippen LogP contribution in [0.25, 0.3) is 0 Å². The van der Waals surface area contributed by atoms with Gasteiger partial charge in [0.1, 0.15) is 5.69 Å².